The third kappa shape index (κ3) is 3.30. The van der Waals surface area contributed by atoms with Gasteiger partial charge in [0, 0.05) is 37.1 Å². The van der Waals surface area contributed by atoms with E-state index in [0.717, 1.165) is 42.4 Å². The van der Waals surface area contributed by atoms with Gasteiger partial charge in [0.05, 0.1) is 11.7 Å². The number of carbonyl (C=O) groups is 1. The Morgan fingerprint density at radius 1 is 1.40 bits per heavy atom. The molecule has 3 aromatic heterocycles. The average molecular weight is 354 g/mol. The summed E-state index contributed by atoms with van der Waals surface area (Å²) >= 11 is 1.38. The van der Waals surface area contributed by atoms with Crippen molar-refractivity contribution in [1.82, 2.24) is 29.8 Å². The molecule has 8 heteroatoms. The average Bonchev–Trinajstić information content (AvgIpc) is 3.34. The summed E-state index contributed by atoms with van der Waals surface area (Å²) in [7, 11) is 0. The number of rotatable bonds is 3. The van der Waals surface area contributed by atoms with Gasteiger partial charge >= 0.3 is 0 Å². The number of aromatic nitrogens is 5. The van der Waals surface area contributed by atoms with E-state index in [2.05, 4.69) is 24.9 Å². The molecule has 4 rings (SSSR count). The van der Waals surface area contributed by atoms with Gasteiger partial charge in [-0.25, -0.2) is 15.0 Å². The number of aromatic amines is 1. The number of aryl methyl sites for hydroxylation is 1. The number of H-pyrrole nitrogens is 1. The van der Waals surface area contributed by atoms with Crippen molar-refractivity contribution in [3.05, 3.63) is 46.6 Å². The summed E-state index contributed by atoms with van der Waals surface area (Å²) in [5, 5.41) is 0. The molecule has 0 saturated carbocycles. The molecule has 1 aliphatic heterocycles. The van der Waals surface area contributed by atoms with E-state index >= 15 is 0 Å². The van der Waals surface area contributed by atoms with Crippen molar-refractivity contribution >= 4 is 17.2 Å². The second kappa shape index (κ2) is 6.72. The summed E-state index contributed by atoms with van der Waals surface area (Å²) in [6, 6.07) is 1.98. The molecule has 1 N–H and O–H groups in total. The van der Waals surface area contributed by atoms with Crippen molar-refractivity contribution < 1.29 is 4.79 Å². The first-order valence-electron chi connectivity index (χ1n) is 8.24. The summed E-state index contributed by atoms with van der Waals surface area (Å²) in [6.07, 6.45) is 7.11. The molecule has 25 heavy (non-hydrogen) atoms. The van der Waals surface area contributed by atoms with Crippen LogP contribution in [0.25, 0.3) is 11.5 Å². The Hall–Kier alpha value is -2.61. The van der Waals surface area contributed by atoms with Gasteiger partial charge in [0.15, 0.2) is 5.82 Å². The second-order valence-corrected chi connectivity index (χ2v) is 7.01. The van der Waals surface area contributed by atoms with Crippen LogP contribution in [0.2, 0.25) is 0 Å². The lowest BCUT2D eigenvalue weighted by molar-refractivity contribution is 0.0710. The van der Waals surface area contributed by atoms with E-state index < -0.39 is 0 Å². The van der Waals surface area contributed by atoms with E-state index in [1.54, 1.807) is 24.1 Å². The molecule has 1 amide bonds. The van der Waals surface area contributed by atoms with Crippen molar-refractivity contribution in [2.75, 3.05) is 13.1 Å². The van der Waals surface area contributed by atoms with Crippen LogP contribution >= 0.6 is 11.3 Å². The molecule has 0 aromatic carbocycles. The number of nitrogens with one attached hydrogen (secondary N) is 1. The number of hydrogen-bond acceptors (Lipinski definition) is 6. The fourth-order valence-corrected chi connectivity index (χ4v) is 3.79. The quantitative estimate of drug-likeness (QED) is 0.781. The molecular formula is C17H18N6OS. The lowest BCUT2D eigenvalue weighted by Gasteiger charge is -2.32. The fraction of sp³-hybridized carbons (Fsp3) is 0.353. The van der Waals surface area contributed by atoms with Gasteiger partial charge in [-0.3, -0.25) is 9.78 Å². The molecule has 7 nitrogen and oxygen atoms in total. The maximum absolute atomic E-state index is 12.6. The fourth-order valence-electron chi connectivity index (χ4n) is 3.21. The Balaban J connectivity index is 1.58. The van der Waals surface area contributed by atoms with Gasteiger partial charge in [0.1, 0.15) is 16.4 Å². The topological polar surface area (TPSA) is 87.7 Å². The summed E-state index contributed by atoms with van der Waals surface area (Å²) in [5.74, 6) is 1.72. The van der Waals surface area contributed by atoms with Crippen molar-refractivity contribution in [3.8, 4) is 11.5 Å². The van der Waals surface area contributed by atoms with Crippen LogP contribution in [0.3, 0.4) is 0 Å². The van der Waals surface area contributed by atoms with Crippen LogP contribution < -0.4 is 0 Å². The number of imidazole rings is 1. The van der Waals surface area contributed by atoms with Gasteiger partial charge < -0.3 is 9.88 Å². The van der Waals surface area contributed by atoms with Gasteiger partial charge in [-0.1, -0.05) is 0 Å². The van der Waals surface area contributed by atoms with E-state index in [9.17, 15) is 4.79 Å². The number of piperidine rings is 1. The largest absolute Gasteiger partial charge is 0.343 e. The molecule has 0 aliphatic carbocycles. The van der Waals surface area contributed by atoms with Crippen LogP contribution in [0.1, 0.15) is 39.9 Å². The molecule has 0 bridgehead atoms. The molecule has 0 radical (unpaired) electrons. The lowest BCUT2D eigenvalue weighted by Crippen LogP contribution is -2.39. The summed E-state index contributed by atoms with van der Waals surface area (Å²) in [4.78, 5) is 35.7. The Morgan fingerprint density at radius 3 is 3.08 bits per heavy atom. The standard InChI is InChI=1S/C17H18N6OS/c1-11-21-13(7-14(22-11)16-19-4-5-20-16)12-3-2-6-23(9-12)17(24)15-8-18-10-25-15/h4-5,7-8,10,12H,2-3,6,9H2,1H3,(H,19,20)/t12-/m0/s1. The lowest BCUT2D eigenvalue weighted by atomic mass is 9.94. The van der Waals surface area contributed by atoms with Gasteiger partial charge in [-0.15, -0.1) is 11.3 Å². The Bertz CT molecular complexity index is 861. The highest BCUT2D eigenvalue weighted by Crippen LogP contribution is 2.28. The normalized spacial score (nSPS) is 17.6. The monoisotopic (exact) mass is 354 g/mol. The van der Waals surface area contributed by atoms with Crippen LogP contribution in [0.5, 0.6) is 0 Å². The molecule has 128 valence electrons. The maximum atomic E-state index is 12.6. The third-order valence-corrected chi connectivity index (χ3v) is 5.13. The minimum Gasteiger partial charge on any atom is -0.343 e. The SMILES string of the molecule is Cc1nc(-c2ncc[nH]2)cc([C@H]2CCCN(C(=O)c3cncs3)C2)n1. The molecule has 0 spiro atoms. The van der Waals surface area contributed by atoms with Crippen LogP contribution in [0, 0.1) is 6.92 Å². The smallest absolute Gasteiger partial charge is 0.265 e. The van der Waals surface area contributed by atoms with Gasteiger partial charge in [0.2, 0.25) is 0 Å². The zero-order valence-electron chi connectivity index (χ0n) is 13.8. The van der Waals surface area contributed by atoms with Gasteiger partial charge in [-0.05, 0) is 25.8 Å². The minimum atomic E-state index is 0.0595. The van der Waals surface area contributed by atoms with Crippen LogP contribution in [0.15, 0.2) is 30.2 Å². The molecule has 0 unspecified atom stereocenters. The van der Waals surface area contributed by atoms with E-state index in [1.807, 2.05) is 17.9 Å². The number of likely N-dealkylation sites (tertiary alicyclic amines) is 1. The highest BCUT2D eigenvalue weighted by molar-refractivity contribution is 7.11. The van der Waals surface area contributed by atoms with E-state index in [0.29, 0.717) is 11.4 Å². The maximum Gasteiger partial charge on any atom is 0.265 e. The molecule has 1 atom stereocenters. The number of carbonyl (C=O) groups excluding carboxylic acids is 1. The highest BCUT2D eigenvalue weighted by atomic mass is 32.1. The first-order valence-corrected chi connectivity index (χ1v) is 9.12. The van der Waals surface area contributed by atoms with Gasteiger partial charge in [0.25, 0.3) is 5.91 Å². The van der Waals surface area contributed by atoms with E-state index in [1.165, 1.54) is 11.3 Å². The summed E-state index contributed by atoms with van der Waals surface area (Å²) in [6.45, 7) is 3.34. The number of amides is 1. The first kappa shape index (κ1) is 15.9. The van der Waals surface area contributed by atoms with E-state index in [-0.39, 0.29) is 11.8 Å². The van der Waals surface area contributed by atoms with Crippen LogP contribution in [-0.4, -0.2) is 48.8 Å². The number of hydrogen-bond donors (Lipinski definition) is 1. The van der Waals surface area contributed by atoms with Crippen LogP contribution in [0.4, 0.5) is 0 Å². The second-order valence-electron chi connectivity index (χ2n) is 6.12. The molecule has 3 aromatic rings. The number of nitrogens with zero attached hydrogens (tertiary/aromatic N) is 5. The predicted molar refractivity (Wildman–Crippen MR) is 94.3 cm³/mol. The van der Waals surface area contributed by atoms with Crippen molar-refractivity contribution in [2.24, 2.45) is 0 Å². The Labute approximate surface area is 149 Å². The predicted octanol–water partition coefficient (Wildman–Crippen LogP) is 2.65. The van der Waals surface area contributed by atoms with E-state index in [4.69, 9.17) is 0 Å². The molecule has 1 fully saturated rings. The van der Waals surface area contributed by atoms with Crippen LogP contribution in [-0.2, 0) is 0 Å². The third-order valence-electron chi connectivity index (χ3n) is 4.37. The van der Waals surface area contributed by atoms with Crippen molar-refractivity contribution in [2.45, 2.75) is 25.7 Å². The Morgan fingerprint density at radius 2 is 2.32 bits per heavy atom. The van der Waals surface area contributed by atoms with Crippen molar-refractivity contribution in [3.63, 3.8) is 0 Å². The minimum absolute atomic E-state index is 0.0595. The Kier molecular flexibility index (Phi) is 4.27. The molecule has 4 heterocycles. The number of thiazole rings is 1. The summed E-state index contributed by atoms with van der Waals surface area (Å²) in [5.41, 5.74) is 3.46. The summed E-state index contributed by atoms with van der Waals surface area (Å²) < 4.78 is 0. The molecule has 1 saturated heterocycles. The molecular weight excluding hydrogens is 336 g/mol. The highest BCUT2D eigenvalue weighted by Gasteiger charge is 2.27. The van der Waals surface area contributed by atoms with Crippen molar-refractivity contribution in [1.29, 1.82) is 0 Å². The zero-order chi connectivity index (χ0) is 17.2. The first-order chi connectivity index (χ1) is 12.2. The zero-order valence-corrected chi connectivity index (χ0v) is 14.7. The van der Waals surface area contributed by atoms with Gasteiger partial charge in [-0.2, -0.15) is 0 Å². The molecule has 1 aliphatic rings.